The average molecular weight is 644 g/mol. The Morgan fingerprint density at radius 1 is 1.02 bits per heavy atom. The highest BCUT2D eigenvalue weighted by molar-refractivity contribution is 9.10. The minimum absolute atomic E-state index is 0.179. The number of halogens is 5. The van der Waals surface area contributed by atoms with Crippen LogP contribution in [0.15, 0.2) is 77.4 Å². The van der Waals surface area contributed by atoms with Crippen LogP contribution in [0.2, 0.25) is 5.15 Å². The van der Waals surface area contributed by atoms with Gasteiger partial charge in [0.05, 0.1) is 5.52 Å². The lowest BCUT2D eigenvalue weighted by atomic mass is 10.0. The van der Waals surface area contributed by atoms with Crippen molar-refractivity contribution < 1.29 is 22.7 Å². The molecule has 6 nitrogen and oxygen atoms in total. The normalized spacial score (nSPS) is 13.9. The number of hydrogen-bond acceptors (Lipinski definition) is 4. The van der Waals surface area contributed by atoms with Crippen molar-refractivity contribution in [2.75, 3.05) is 6.54 Å². The van der Waals surface area contributed by atoms with Crippen LogP contribution in [-0.2, 0) is 26.1 Å². The predicted octanol–water partition coefficient (Wildman–Crippen LogP) is 7.82. The second-order valence-electron chi connectivity index (χ2n) is 9.92. The molecule has 1 N–H and O–H groups in total. The maximum atomic E-state index is 13.5. The molecule has 2 aromatic heterocycles. The molecular formula is C30H23BrClF3N4O2. The number of alkyl halides is 3. The van der Waals surface area contributed by atoms with Gasteiger partial charge in [-0.05, 0) is 69.9 Å². The van der Waals surface area contributed by atoms with Crippen LogP contribution in [0.1, 0.15) is 22.4 Å². The Morgan fingerprint density at radius 3 is 2.63 bits per heavy atom. The number of pyridine rings is 1. The molecule has 11 heteroatoms. The molecule has 0 aliphatic carbocycles. The first-order valence-corrected chi connectivity index (χ1v) is 14.0. The van der Waals surface area contributed by atoms with Crippen LogP contribution in [0.5, 0.6) is 5.75 Å². The number of carbonyl (C=O) groups excluding carboxylic acids is 1. The van der Waals surface area contributed by atoms with Crippen LogP contribution >= 0.6 is 27.5 Å². The van der Waals surface area contributed by atoms with E-state index in [4.69, 9.17) is 11.6 Å². The van der Waals surface area contributed by atoms with E-state index in [1.165, 1.54) is 16.7 Å². The topological polar surface area (TPSA) is 59.4 Å². The number of nitrogens with zero attached hydrogens (tertiary/aromatic N) is 3. The first-order valence-electron chi connectivity index (χ1n) is 12.8. The Kier molecular flexibility index (Phi) is 7.39. The SMILES string of the molecule is O=C(NCc1ccnc(Cl)c1)n1c2c(c3ccc(OC(F)(F)F)cc31)CN(Cc1ccc3cc(Br)ccc3c1)CC2. The monoisotopic (exact) mass is 642 g/mol. The van der Waals surface area contributed by atoms with Crippen LogP contribution in [0.25, 0.3) is 21.7 Å². The van der Waals surface area contributed by atoms with Gasteiger partial charge in [-0.25, -0.2) is 9.78 Å². The fraction of sp³-hybridized carbons (Fsp3) is 0.200. The highest BCUT2D eigenvalue weighted by Crippen LogP contribution is 2.35. The highest BCUT2D eigenvalue weighted by Gasteiger charge is 2.32. The molecule has 0 saturated heterocycles. The fourth-order valence-electron chi connectivity index (χ4n) is 5.39. The number of ether oxygens (including phenoxy) is 1. The van der Waals surface area contributed by atoms with Gasteiger partial charge in [0, 0.05) is 60.4 Å². The van der Waals surface area contributed by atoms with Crippen molar-refractivity contribution in [2.24, 2.45) is 0 Å². The van der Waals surface area contributed by atoms with Crippen molar-refractivity contribution in [2.45, 2.75) is 32.4 Å². The maximum absolute atomic E-state index is 13.5. The molecule has 41 heavy (non-hydrogen) atoms. The van der Waals surface area contributed by atoms with Gasteiger partial charge in [-0.3, -0.25) is 9.47 Å². The summed E-state index contributed by atoms with van der Waals surface area (Å²) in [6, 6.07) is 19.6. The van der Waals surface area contributed by atoms with E-state index in [2.05, 4.69) is 66.2 Å². The summed E-state index contributed by atoms with van der Waals surface area (Å²) in [5.74, 6) is -0.380. The van der Waals surface area contributed by atoms with E-state index in [1.807, 2.05) is 6.07 Å². The van der Waals surface area contributed by atoms with E-state index in [1.54, 1.807) is 24.4 Å². The molecule has 1 amide bonds. The standard InChI is InChI=1S/C30H23BrClF3N4O2/c31-22-4-3-20-11-19(1-2-21(20)13-22)16-38-10-8-26-25(17-38)24-6-5-23(41-30(33,34)35)14-27(24)39(26)29(40)37-15-18-7-9-36-28(32)12-18/h1-7,9,11-14H,8,10,15-17H2,(H,37,40). The summed E-state index contributed by atoms with van der Waals surface area (Å²) in [7, 11) is 0. The Balaban J connectivity index is 1.31. The third-order valence-corrected chi connectivity index (χ3v) is 7.84. The summed E-state index contributed by atoms with van der Waals surface area (Å²) >= 11 is 9.48. The smallest absolute Gasteiger partial charge is 0.406 e. The molecule has 0 fully saturated rings. The van der Waals surface area contributed by atoms with Crippen LogP contribution in [0.3, 0.4) is 0 Å². The molecule has 0 unspecified atom stereocenters. The van der Waals surface area contributed by atoms with E-state index >= 15 is 0 Å². The zero-order valence-electron chi connectivity index (χ0n) is 21.5. The molecular weight excluding hydrogens is 621 g/mol. The van der Waals surface area contributed by atoms with Gasteiger partial charge in [-0.2, -0.15) is 0 Å². The minimum Gasteiger partial charge on any atom is -0.406 e. The fourth-order valence-corrected chi connectivity index (χ4v) is 5.96. The first kappa shape index (κ1) is 27.6. The van der Waals surface area contributed by atoms with Gasteiger partial charge in [-0.15, -0.1) is 13.2 Å². The van der Waals surface area contributed by atoms with E-state index in [0.29, 0.717) is 42.1 Å². The average Bonchev–Trinajstić information content (AvgIpc) is 3.24. The van der Waals surface area contributed by atoms with Crippen LogP contribution < -0.4 is 10.1 Å². The largest absolute Gasteiger partial charge is 0.573 e. The molecule has 6 rings (SSSR count). The van der Waals surface area contributed by atoms with Crippen molar-refractivity contribution in [1.82, 2.24) is 19.8 Å². The van der Waals surface area contributed by atoms with Crippen LogP contribution in [0.4, 0.5) is 18.0 Å². The van der Waals surface area contributed by atoms with Gasteiger partial charge < -0.3 is 10.1 Å². The third kappa shape index (κ3) is 6.05. The lowest BCUT2D eigenvalue weighted by Gasteiger charge is -2.28. The molecule has 0 spiro atoms. The Bertz CT molecular complexity index is 1790. The Labute approximate surface area is 246 Å². The van der Waals surface area contributed by atoms with Gasteiger partial charge in [0.25, 0.3) is 0 Å². The van der Waals surface area contributed by atoms with Crippen molar-refractivity contribution >= 4 is 55.2 Å². The third-order valence-electron chi connectivity index (χ3n) is 7.14. The number of benzene rings is 3. The summed E-state index contributed by atoms with van der Waals surface area (Å²) < 4.78 is 45.7. The number of fused-ring (bicyclic) bond motifs is 4. The first-order chi connectivity index (χ1) is 19.6. The number of amides is 1. The number of aromatic nitrogens is 2. The van der Waals surface area contributed by atoms with E-state index < -0.39 is 12.4 Å². The number of nitrogens with one attached hydrogen (secondary N) is 1. The van der Waals surface area contributed by atoms with Crippen LogP contribution in [-0.4, -0.2) is 33.4 Å². The molecule has 3 aromatic carbocycles. The zero-order valence-corrected chi connectivity index (χ0v) is 23.9. The maximum Gasteiger partial charge on any atom is 0.573 e. The van der Waals surface area contributed by atoms with Crippen molar-refractivity contribution in [3.63, 3.8) is 0 Å². The second kappa shape index (κ2) is 11.0. The summed E-state index contributed by atoms with van der Waals surface area (Å²) in [4.78, 5) is 19.7. The highest BCUT2D eigenvalue weighted by atomic mass is 79.9. The molecule has 1 aliphatic rings. The molecule has 0 saturated carbocycles. The Hall–Kier alpha value is -3.60. The summed E-state index contributed by atoms with van der Waals surface area (Å²) in [5, 5.41) is 6.17. The molecule has 5 aromatic rings. The quantitative estimate of drug-likeness (QED) is 0.199. The van der Waals surface area contributed by atoms with Gasteiger partial charge in [0.2, 0.25) is 0 Å². The lowest BCUT2D eigenvalue weighted by molar-refractivity contribution is -0.274. The molecule has 0 bridgehead atoms. The van der Waals surface area contributed by atoms with Gasteiger partial charge >= 0.3 is 12.4 Å². The zero-order chi connectivity index (χ0) is 28.7. The second-order valence-corrected chi connectivity index (χ2v) is 11.2. The lowest BCUT2D eigenvalue weighted by Crippen LogP contribution is -2.34. The molecule has 0 radical (unpaired) electrons. The van der Waals surface area contributed by atoms with Crippen molar-refractivity contribution in [3.05, 3.63) is 105 Å². The predicted molar refractivity (Wildman–Crippen MR) is 155 cm³/mol. The summed E-state index contributed by atoms with van der Waals surface area (Å²) in [6.07, 6.45) is -2.75. The summed E-state index contributed by atoms with van der Waals surface area (Å²) in [5.41, 5.74) is 3.95. The summed E-state index contributed by atoms with van der Waals surface area (Å²) in [6.45, 7) is 2.10. The number of hydrogen-bond donors (Lipinski definition) is 1. The number of rotatable bonds is 5. The van der Waals surface area contributed by atoms with E-state index in [-0.39, 0.29) is 12.3 Å². The van der Waals surface area contributed by atoms with Crippen molar-refractivity contribution in [1.29, 1.82) is 0 Å². The van der Waals surface area contributed by atoms with Gasteiger partial charge in [0.1, 0.15) is 10.9 Å². The van der Waals surface area contributed by atoms with Gasteiger partial charge in [0.15, 0.2) is 0 Å². The van der Waals surface area contributed by atoms with E-state index in [0.717, 1.165) is 37.6 Å². The minimum atomic E-state index is -4.85. The molecule has 3 heterocycles. The Morgan fingerprint density at radius 2 is 1.83 bits per heavy atom. The van der Waals surface area contributed by atoms with Gasteiger partial charge in [-0.1, -0.05) is 45.7 Å². The number of carbonyl (C=O) groups is 1. The van der Waals surface area contributed by atoms with E-state index in [9.17, 15) is 18.0 Å². The molecule has 0 atom stereocenters. The van der Waals surface area contributed by atoms with Crippen LogP contribution in [0, 0.1) is 0 Å². The molecule has 1 aliphatic heterocycles. The van der Waals surface area contributed by atoms with Crippen molar-refractivity contribution in [3.8, 4) is 5.75 Å². The molecule has 210 valence electrons.